The predicted octanol–water partition coefficient (Wildman–Crippen LogP) is 3.86. The first-order valence-electron chi connectivity index (χ1n) is 9.47. The Bertz CT molecular complexity index is 734. The number of halogens is 1. The number of likely N-dealkylation sites (tertiary alicyclic amines) is 1. The second-order valence-corrected chi connectivity index (χ2v) is 7.32. The molecule has 2 aromatic carbocycles. The van der Waals surface area contributed by atoms with Crippen LogP contribution < -0.4 is 5.32 Å². The summed E-state index contributed by atoms with van der Waals surface area (Å²) in [6.45, 7) is 1.72. The first kappa shape index (κ1) is 18.9. The number of aryl methyl sites for hydroxylation is 2. The molecule has 2 heterocycles. The Kier molecular flexibility index (Phi) is 6.33. The van der Waals surface area contributed by atoms with Gasteiger partial charge in [-0.1, -0.05) is 48.5 Å². The molecule has 2 bridgehead atoms. The first-order chi connectivity index (χ1) is 12.3. The van der Waals surface area contributed by atoms with Gasteiger partial charge in [0.2, 0.25) is 0 Å². The number of rotatable bonds is 4. The van der Waals surface area contributed by atoms with Crippen LogP contribution in [0.2, 0.25) is 0 Å². The van der Waals surface area contributed by atoms with E-state index in [1.54, 1.807) is 0 Å². The average Bonchev–Trinajstić information content (AvgIpc) is 2.99. The van der Waals surface area contributed by atoms with Crippen molar-refractivity contribution < 1.29 is 4.79 Å². The van der Waals surface area contributed by atoms with Crippen LogP contribution in [0.3, 0.4) is 0 Å². The van der Waals surface area contributed by atoms with E-state index in [0.29, 0.717) is 12.1 Å². The Hall–Kier alpha value is -1.84. The molecule has 1 N–H and O–H groups in total. The molecule has 2 unspecified atom stereocenters. The number of nitrogens with one attached hydrogen (secondary N) is 1. The van der Waals surface area contributed by atoms with Crippen LogP contribution in [-0.4, -0.2) is 36.0 Å². The van der Waals surface area contributed by atoms with Gasteiger partial charge in [0.05, 0.1) is 0 Å². The van der Waals surface area contributed by atoms with Crippen molar-refractivity contribution in [1.29, 1.82) is 0 Å². The van der Waals surface area contributed by atoms with E-state index >= 15 is 0 Å². The highest BCUT2D eigenvalue weighted by Gasteiger charge is 2.31. The highest BCUT2D eigenvalue weighted by molar-refractivity contribution is 5.95. The molecule has 4 rings (SSSR count). The number of fused-ring (bicyclic) bond motifs is 2. The third-order valence-electron chi connectivity index (χ3n) is 5.58. The number of hydrogen-bond donors (Lipinski definition) is 1. The summed E-state index contributed by atoms with van der Waals surface area (Å²) in [6, 6.07) is 19.7. The molecule has 0 radical (unpaired) electrons. The normalized spacial score (nSPS) is 21.8. The van der Waals surface area contributed by atoms with Gasteiger partial charge in [-0.2, -0.15) is 0 Å². The predicted molar refractivity (Wildman–Crippen MR) is 108 cm³/mol. The van der Waals surface area contributed by atoms with Gasteiger partial charge in [0, 0.05) is 30.7 Å². The molecule has 0 spiro atoms. The summed E-state index contributed by atoms with van der Waals surface area (Å²) in [6.07, 6.45) is 5.42. The van der Waals surface area contributed by atoms with Gasteiger partial charge in [-0.3, -0.25) is 4.79 Å². The maximum atomic E-state index is 13.2. The maximum absolute atomic E-state index is 13.2. The minimum atomic E-state index is 0. The molecular formula is C22H27ClN2O. The third-order valence-corrected chi connectivity index (χ3v) is 5.58. The Balaban J connectivity index is 0.00000196. The summed E-state index contributed by atoms with van der Waals surface area (Å²) in [4.78, 5) is 15.2. The number of carbonyl (C=O) groups excluding carboxylic acids is 1. The second-order valence-electron chi connectivity index (χ2n) is 7.32. The molecule has 3 nitrogen and oxygen atoms in total. The number of amides is 1. The smallest absolute Gasteiger partial charge is 0.254 e. The molecule has 2 atom stereocenters. The van der Waals surface area contributed by atoms with E-state index in [4.69, 9.17) is 0 Å². The number of carbonyl (C=O) groups is 1. The van der Waals surface area contributed by atoms with Crippen LogP contribution in [0.15, 0.2) is 54.6 Å². The molecule has 0 saturated carbocycles. The molecule has 0 aliphatic carbocycles. The van der Waals surface area contributed by atoms with Gasteiger partial charge in [-0.15, -0.1) is 12.4 Å². The number of benzene rings is 2. The summed E-state index contributed by atoms with van der Waals surface area (Å²) < 4.78 is 0. The molecule has 2 aliphatic rings. The van der Waals surface area contributed by atoms with Crippen LogP contribution in [0, 0.1) is 0 Å². The lowest BCUT2D eigenvalue weighted by atomic mass is 9.98. The summed E-state index contributed by atoms with van der Waals surface area (Å²) in [5, 5.41) is 3.66. The van der Waals surface area contributed by atoms with Gasteiger partial charge in [0.15, 0.2) is 0 Å². The standard InChI is InChI=1S/C22H26N2O.ClH/c25-22(24-15-14-19-12-13-20(16-24)23-19)21-9-5-4-8-18(21)11-10-17-6-2-1-3-7-17;/h1-9,19-20,23H,10-16H2;1H. The van der Waals surface area contributed by atoms with Crippen LogP contribution in [0.4, 0.5) is 0 Å². The summed E-state index contributed by atoms with van der Waals surface area (Å²) in [5.41, 5.74) is 3.37. The minimum Gasteiger partial charge on any atom is -0.337 e. The Morgan fingerprint density at radius 1 is 0.923 bits per heavy atom. The van der Waals surface area contributed by atoms with E-state index in [1.165, 1.54) is 24.0 Å². The van der Waals surface area contributed by atoms with E-state index in [9.17, 15) is 4.79 Å². The molecule has 2 saturated heterocycles. The lowest BCUT2D eigenvalue weighted by molar-refractivity contribution is 0.0747. The minimum absolute atomic E-state index is 0. The van der Waals surface area contributed by atoms with Crippen LogP contribution >= 0.6 is 12.4 Å². The van der Waals surface area contributed by atoms with Crippen LogP contribution in [0.5, 0.6) is 0 Å². The summed E-state index contributed by atoms with van der Waals surface area (Å²) in [5.74, 6) is 0.206. The quantitative estimate of drug-likeness (QED) is 0.886. The van der Waals surface area contributed by atoms with E-state index in [0.717, 1.165) is 37.9 Å². The van der Waals surface area contributed by atoms with Crippen molar-refractivity contribution in [1.82, 2.24) is 10.2 Å². The van der Waals surface area contributed by atoms with Gasteiger partial charge in [-0.05, 0) is 49.3 Å². The first-order valence-corrected chi connectivity index (χ1v) is 9.47. The van der Waals surface area contributed by atoms with E-state index in [1.807, 2.05) is 24.3 Å². The van der Waals surface area contributed by atoms with E-state index in [-0.39, 0.29) is 18.3 Å². The SMILES string of the molecule is Cl.O=C(c1ccccc1CCc1ccccc1)N1CCC2CCC(C1)N2. The summed E-state index contributed by atoms with van der Waals surface area (Å²) in [7, 11) is 0. The molecule has 4 heteroatoms. The fraction of sp³-hybridized carbons (Fsp3) is 0.409. The van der Waals surface area contributed by atoms with Crippen LogP contribution in [0.25, 0.3) is 0 Å². The molecule has 1 amide bonds. The third kappa shape index (κ3) is 4.28. The van der Waals surface area contributed by atoms with Crippen LogP contribution in [0.1, 0.15) is 40.7 Å². The van der Waals surface area contributed by atoms with Crippen molar-refractivity contribution in [2.75, 3.05) is 13.1 Å². The van der Waals surface area contributed by atoms with Crippen molar-refractivity contribution >= 4 is 18.3 Å². The Labute approximate surface area is 162 Å². The number of hydrogen-bond acceptors (Lipinski definition) is 2. The highest BCUT2D eigenvalue weighted by Crippen LogP contribution is 2.23. The van der Waals surface area contributed by atoms with Crippen molar-refractivity contribution in [3.05, 3.63) is 71.3 Å². The molecule has 2 fully saturated rings. The zero-order chi connectivity index (χ0) is 17.1. The van der Waals surface area contributed by atoms with Crippen molar-refractivity contribution in [2.45, 2.75) is 44.2 Å². The van der Waals surface area contributed by atoms with Crippen molar-refractivity contribution in [2.24, 2.45) is 0 Å². The van der Waals surface area contributed by atoms with Crippen molar-refractivity contribution in [3.63, 3.8) is 0 Å². The average molecular weight is 371 g/mol. The Morgan fingerprint density at radius 3 is 2.50 bits per heavy atom. The molecule has 2 aromatic rings. The molecule has 0 aromatic heterocycles. The monoisotopic (exact) mass is 370 g/mol. The molecular weight excluding hydrogens is 344 g/mol. The fourth-order valence-corrected chi connectivity index (χ4v) is 4.17. The van der Waals surface area contributed by atoms with Gasteiger partial charge in [-0.25, -0.2) is 0 Å². The van der Waals surface area contributed by atoms with E-state index < -0.39 is 0 Å². The molecule has 26 heavy (non-hydrogen) atoms. The largest absolute Gasteiger partial charge is 0.337 e. The van der Waals surface area contributed by atoms with Crippen LogP contribution in [-0.2, 0) is 12.8 Å². The lowest BCUT2D eigenvalue weighted by Crippen LogP contribution is -2.39. The second kappa shape index (κ2) is 8.70. The zero-order valence-electron chi connectivity index (χ0n) is 15.1. The van der Waals surface area contributed by atoms with E-state index in [2.05, 4.69) is 40.5 Å². The van der Waals surface area contributed by atoms with Gasteiger partial charge in [0.1, 0.15) is 0 Å². The van der Waals surface area contributed by atoms with Gasteiger partial charge < -0.3 is 10.2 Å². The zero-order valence-corrected chi connectivity index (χ0v) is 15.9. The molecule has 2 aliphatic heterocycles. The van der Waals surface area contributed by atoms with Gasteiger partial charge in [0.25, 0.3) is 5.91 Å². The Morgan fingerprint density at radius 2 is 1.65 bits per heavy atom. The highest BCUT2D eigenvalue weighted by atomic mass is 35.5. The fourth-order valence-electron chi connectivity index (χ4n) is 4.17. The number of nitrogens with zero attached hydrogens (tertiary/aromatic N) is 1. The van der Waals surface area contributed by atoms with Crippen molar-refractivity contribution in [3.8, 4) is 0 Å². The summed E-state index contributed by atoms with van der Waals surface area (Å²) >= 11 is 0. The topological polar surface area (TPSA) is 32.3 Å². The molecule has 138 valence electrons. The maximum Gasteiger partial charge on any atom is 0.254 e. The van der Waals surface area contributed by atoms with Gasteiger partial charge >= 0.3 is 0 Å². The lowest BCUT2D eigenvalue weighted by Gasteiger charge is -2.25.